The van der Waals surface area contributed by atoms with Crippen molar-refractivity contribution in [2.45, 2.75) is 39.0 Å². The minimum Gasteiger partial charge on any atom is -0.343 e. The highest BCUT2D eigenvalue weighted by Crippen LogP contribution is 2.22. The first-order valence-electron chi connectivity index (χ1n) is 5.28. The summed E-state index contributed by atoms with van der Waals surface area (Å²) >= 11 is 0. The Morgan fingerprint density at radius 3 is 2.54 bits per heavy atom. The molecule has 1 aliphatic rings. The van der Waals surface area contributed by atoms with Crippen molar-refractivity contribution >= 4 is 5.91 Å². The molecule has 0 unspecified atom stereocenters. The number of hydrogen-bond acceptors (Lipinski definition) is 1. The van der Waals surface area contributed by atoms with E-state index >= 15 is 0 Å². The zero-order valence-electron chi connectivity index (χ0n) is 8.59. The molecule has 2 nitrogen and oxygen atoms in total. The van der Waals surface area contributed by atoms with Gasteiger partial charge in [0.1, 0.15) is 0 Å². The van der Waals surface area contributed by atoms with Gasteiger partial charge < -0.3 is 4.90 Å². The molecule has 75 valence electrons. The van der Waals surface area contributed by atoms with E-state index in [9.17, 15) is 4.79 Å². The molecule has 1 fully saturated rings. The molecule has 1 radical (unpaired) electrons. The van der Waals surface area contributed by atoms with Crippen molar-refractivity contribution in [2.75, 3.05) is 13.1 Å². The number of rotatable bonds is 3. The van der Waals surface area contributed by atoms with Gasteiger partial charge in [-0.2, -0.15) is 0 Å². The summed E-state index contributed by atoms with van der Waals surface area (Å²) < 4.78 is 0. The van der Waals surface area contributed by atoms with Crippen LogP contribution in [0, 0.1) is 12.8 Å². The maximum Gasteiger partial charge on any atom is 0.219 e. The minimum absolute atomic E-state index is 0.232. The van der Waals surface area contributed by atoms with Crippen molar-refractivity contribution < 1.29 is 4.79 Å². The molecule has 1 rings (SSSR count). The lowest BCUT2D eigenvalue weighted by Crippen LogP contribution is -2.36. The van der Waals surface area contributed by atoms with Crippen LogP contribution in [-0.2, 0) is 4.79 Å². The van der Waals surface area contributed by atoms with Gasteiger partial charge in [0.15, 0.2) is 0 Å². The molecule has 1 heterocycles. The van der Waals surface area contributed by atoms with Gasteiger partial charge in [-0.1, -0.05) is 26.2 Å². The zero-order valence-corrected chi connectivity index (χ0v) is 8.59. The third-order valence-corrected chi connectivity index (χ3v) is 2.92. The van der Waals surface area contributed by atoms with Gasteiger partial charge in [-0.05, 0) is 18.8 Å². The van der Waals surface area contributed by atoms with Crippen LogP contribution in [0.15, 0.2) is 0 Å². The summed E-state index contributed by atoms with van der Waals surface area (Å²) in [5.74, 6) is 1.08. The second kappa shape index (κ2) is 5.25. The van der Waals surface area contributed by atoms with Crippen LogP contribution < -0.4 is 0 Å². The van der Waals surface area contributed by atoms with Crippen LogP contribution in [0.1, 0.15) is 39.0 Å². The van der Waals surface area contributed by atoms with Crippen LogP contribution >= 0.6 is 0 Å². The number of carbonyl (C=O) groups excluding carboxylic acids is 1. The fourth-order valence-corrected chi connectivity index (χ4v) is 1.97. The highest BCUT2D eigenvalue weighted by molar-refractivity contribution is 5.73. The van der Waals surface area contributed by atoms with Gasteiger partial charge >= 0.3 is 0 Å². The van der Waals surface area contributed by atoms with E-state index < -0.39 is 0 Å². The van der Waals surface area contributed by atoms with Crippen molar-refractivity contribution in [3.63, 3.8) is 0 Å². The average molecular weight is 182 g/mol. The molecule has 0 aromatic rings. The average Bonchev–Trinajstić information content (AvgIpc) is 2.15. The smallest absolute Gasteiger partial charge is 0.219 e. The summed E-state index contributed by atoms with van der Waals surface area (Å²) in [4.78, 5) is 13.0. The standard InChI is InChI=1S/C11H20NO/c1-3-4-5-11-6-8-12(9-7-11)10(2)13/h11H,1,3-9H2,2H3. The van der Waals surface area contributed by atoms with E-state index in [0.717, 1.165) is 25.4 Å². The van der Waals surface area contributed by atoms with Gasteiger partial charge in [0, 0.05) is 20.0 Å². The molecule has 0 spiro atoms. The summed E-state index contributed by atoms with van der Waals surface area (Å²) in [6.07, 6.45) is 5.98. The number of likely N-dealkylation sites (tertiary alicyclic amines) is 1. The summed E-state index contributed by atoms with van der Waals surface area (Å²) in [6.45, 7) is 7.45. The molecule has 0 aromatic heterocycles. The number of piperidine rings is 1. The Labute approximate surface area is 81.3 Å². The molecule has 2 heteroatoms. The monoisotopic (exact) mass is 182 g/mol. The summed E-state index contributed by atoms with van der Waals surface area (Å²) in [7, 11) is 0. The van der Waals surface area contributed by atoms with E-state index in [-0.39, 0.29) is 5.91 Å². The van der Waals surface area contributed by atoms with E-state index in [1.165, 1.54) is 25.7 Å². The van der Waals surface area contributed by atoms with Crippen molar-refractivity contribution in [3.8, 4) is 0 Å². The van der Waals surface area contributed by atoms with Crippen LogP contribution in [0.3, 0.4) is 0 Å². The van der Waals surface area contributed by atoms with E-state index in [1.54, 1.807) is 6.92 Å². The predicted octanol–water partition coefficient (Wildman–Crippen LogP) is 2.25. The Hall–Kier alpha value is -0.530. The summed E-state index contributed by atoms with van der Waals surface area (Å²) in [5.41, 5.74) is 0. The largest absolute Gasteiger partial charge is 0.343 e. The molecule has 13 heavy (non-hydrogen) atoms. The fraction of sp³-hybridized carbons (Fsp3) is 0.818. The lowest BCUT2D eigenvalue weighted by molar-refractivity contribution is -0.130. The lowest BCUT2D eigenvalue weighted by atomic mass is 9.92. The van der Waals surface area contributed by atoms with Gasteiger partial charge in [0.05, 0.1) is 0 Å². The number of carbonyl (C=O) groups is 1. The molecule has 0 aliphatic carbocycles. The van der Waals surface area contributed by atoms with Crippen molar-refractivity contribution in [1.82, 2.24) is 4.90 Å². The topological polar surface area (TPSA) is 20.3 Å². The third kappa shape index (κ3) is 3.37. The first-order chi connectivity index (χ1) is 6.24. The highest BCUT2D eigenvalue weighted by atomic mass is 16.2. The van der Waals surface area contributed by atoms with E-state index in [0.29, 0.717) is 0 Å². The SMILES string of the molecule is [CH2]CCCC1CCN(C(C)=O)CC1. The van der Waals surface area contributed by atoms with Crippen molar-refractivity contribution in [2.24, 2.45) is 5.92 Å². The number of unbranched alkanes of at least 4 members (excludes halogenated alkanes) is 1. The molecule has 0 saturated carbocycles. The van der Waals surface area contributed by atoms with Gasteiger partial charge in [0.2, 0.25) is 5.91 Å². The Morgan fingerprint density at radius 2 is 2.08 bits per heavy atom. The van der Waals surface area contributed by atoms with Crippen LogP contribution in [0.2, 0.25) is 0 Å². The molecule has 0 atom stereocenters. The minimum atomic E-state index is 0.232. The van der Waals surface area contributed by atoms with Crippen LogP contribution in [0.4, 0.5) is 0 Å². The third-order valence-electron chi connectivity index (χ3n) is 2.92. The molecule has 1 amide bonds. The normalized spacial score (nSPS) is 19.1. The van der Waals surface area contributed by atoms with Gasteiger partial charge in [-0.3, -0.25) is 4.79 Å². The van der Waals surface area contributed by atoms with E-state index in [1.807, 2.05) is 4.90 Å². The number of amides is 1. The first kappa shape index (κ1) is 10.6. The van der Waals surface area contributed by atoms with Gasteiger partial charge in [-0.25, -0.2) is 0 Å². The summed E-state index contributed by atoms with van der Waals surface area (Å²) in [6, 6.07) is 0. The lowest BCUT2D eigenvalue weighted by Gasteiger charge is -2.31. The number of hydrogen-bond donors (Lipinski definition) is 0. The molecular weight excluding hydrogens is 162 g/mol. The Morgan fingerprint density at radius 1 is 1.46 bits per heavy atom. The molecule has 1 saturated heterocycles. The quantitative estimate of drug-likeness (QED) is 0.655. The Bertz CT molecular complexity index is 159. The van der Waals surface area contributed by atoms with Crippen LogP contribution in [0.5, 0.6) is 0 Å². The van der Waals surface area contributed by atoms with Crippen LogP contribution in [-0.4, -0.2) is 23.9 Å². The van der Waals surface area contributed by atoms with Gasteiger partial charge in [0.25, 0.3) is 0 Å². The van der Waals surface area contributed by atoms with Gasteiger partial charge in [-0.15, -0.1) is 0 Å². The summed E-state index contributed by atoms with van der Waals surface area (Å²) in [5, 5.41) is 0. The second-order valence-corrected chi connectivity index (χ2v) is 3.95. The van der Waals surface area contributed by atoms with Crippen molar-refractivity contribution in [3.05, 3.63) is 6.92 Å². The molecule has 0 aromatic carbocycles. The molecule has 0 N–H and O–H groups in total. The number of nitrogens with zero attached hydrogens (tertiary/aromatic N) is 1. The zero-order chi connectivity index (χ0) is 9.68. The Kier molecular flexibility index (Phi) is 4.26. The maximum absolute atomic E-state index is 11.0. The molecular formula is C11H20NO. The molecule has 1 aliphatic heterocycles. The van der Waals surface area contributed by atoms with Crippen molar-refractivity contribution in [1.29, 1.82) is 0 Å². The van der Waals surface area contributed by atoms with E-state index in [2.05, 4.69) is 6.92 Å². The maximum atomic E-state index is 11.0. The Balaban J connectivity index is 2.18. The predicted molar refractivity (Wildman–Crippen MR) is 54.2 cm³/mol. The second-order valence-electron chi connectivity index (χ2n) is 3.95. The highest BCUT2D eigenvalue weighted by Gasteiger charge is 2.19. The molecule has 0 bridgehead atoms. The van der Waals surface area contributed by atoms with E-state index in [4.69, 9.17) is 0 Å². The fourth-order valence-electron chi connectivity index (χ4n) is 1.97. The first-order valence-corrected chi connectivity index (χ1v) is 5.28. The van der Waals surface area contributed by atoms with Crippen LogP contribution in [0.25, 0.3) is 0 Å².